The second-order valence-corrected chi connectivity index (χ2v) is 4.38. The number of benzene rings is 1. The number of aldehydes is 1. The predicted octanol–water partition coefficient (Wildman–Crippen LogP) is 3.44. The first-order valence-electron chi connectivity index (χ1n) is 5.05. The molecule has 0 radical (unpaired) electrons. The van der Waals surface area contributed by atoms with Crippen molar-refractivity contribution in [3.8, 4) is 0 Å². The first-order valence-corrected chi connectivity index (χ1v) is 5.43. The number of halogens is 1. The molecule has 0 saturated heterocycles. The van der Waals surface area contributed by atoms with Crippen LogP contribution in [-0.2, 0) is 0 Å². The second-order valence-electron chi connectivity index (χ2n) is 3.97. The van der Waals surface area contributed by atoms with Crippen molar-refractivity contribution in [3.05, 3.63) is 35.0 Å². The Labute approximate surface area is 92.5 Å². The molecule has 1 aliphatic carbocycles. The molecule has 1 fully saturated rings. The fourth-order valence-corrected chi connectivity index (χ4v) is 2.32. The van der Waals surface area contributed by atoms with E-state index in [1.807, 2.05) is 24.4 Å². The fraction of sp³-hybridized carbons (Fsp3) is 0.250. The van der Waals surface area contributed by atoms with Crippen LogP contribution in [0, 0.1) is 0 Å². The van der Waals surface area contributed by atoms with Gasteiger partial charge in [0.25, 0.3) is 0 Å². The molecule has 1 heterocycles. The summed E-state index contributed by atoms with van der Waals surface area (Å²) in [5.74, 6) is 0. The number of nitrogens with zero attached hydrogens (tertiary/aromatic N) is 1. The van der Waals surface area contributed by atoms with E-state index in [4.69, 9.17) is 11.6 Å². The Morgan fingerprint density at radius 1 is 1.40 bits per heavy atom. The van der Waals surface area contributed by atoms with E-state index in [2.05, 4.69) is 4.57 Å². The molecular weight excluding hydrogens is 210 g/mol. The van der Waals surface area contributed by atoms with Gasteiger partial charge in [-0.1, -0.05) is 17.7 Å². The highest BCUT2D eigenvalue weighted by atomic mass is 35.5. The van der Waals surface area contributed by atoms with Gasteiger partial charge in [0.15, 0.2) is 6.29 Å². The third kappa shape index (κ3) is 1.29. The van der Waals surface area contributed by atoms with Gasteiger partial charge in [-0.25, -0.2) is 0 Å². The molecule has 3 heteroatoms. The van der Waals surface area contributed by atoms with Crippen LogP contribution in [0.1, 0.15) is 29.2 Å². The van der Waals surface area contributed by atoms with Crippen LogP contribution in [0.4, 0.5) is 0 Å². The SMILES string of the molecule is O=Cc1cn(C2CC2)c2cccc(Cl)c12. The topological polar surface area (TPSA) is 22.0 Å². The van der Waals surface area contributed by atoms with Gasteiger partial charge in [-0.3, -0.25) is 4.79 Å². The lowest BCUT2D eigenvalue weighted by atomic mass is 10.2. The summed E-state index contributed by atoms with van der Waals surface area (Å²) in [4.78, 5) is 11.0. The molecule has 2 nitrogen and oxygen atoms in total. The largest absolute Gasteiger partial charge is 0.344 e. The molecule has 15 heavy (non-hydrogen) atoms. The van der Waals surface area contributed by atoms with E-state index < -0.39 is 0 Å². The summed E-state index contributed by atoms with van der Waals surface area (Å²) in [5.41, 5.74) is 1.77. The van der Waals surface area contributed by atoms with Gasteiger partial charge in [0, 0.05) is 23.2 Å². The quantitative estimate of drug-likeness (QED) is 0.710. The number of hydrogen-bond donors (Lipinski definition) is 0. The monoisotopic (exact) mass is 219 g/mol. The summed E-state index contributed by atoms with van der Waals surface area (Å²) in [6.45, 7) is 0. The van der Waals surface area contributed by atoms with E-state index >= 15 is 0 Å². The Hall–Kier alpha value is -1.28. The molecular formula is C12H10ClNO. The van der Waals surface area contributed by atoms with Crippen molar-refractivity contribution in [2.75, 3.05) is 0 Å². The fourth-order valence-electron chi connectivity index (χ4n) is 2.04. The van der Waals surface area contributed by atoms with Gasteiger partial charge in [0.2, 0.25) is 0 Å². The Morgan fingerprint density at radius 3 is 2.87 bits per heavy atom. The summed E-state index contributed by atoms with van der Waals surface area (Å²) in [6, 6.07) is 6.35. The van der Waals surface area contributed by atoms with Gasteiger partial charge in [0.1, 0.15) is 0 Å². The highest BCUT2D eigenvalue weighted by Gasteiger charge is 2.26. The minimum Gasteiger partial charge on any atom is -0.344 e. The highest BCUT2D eigenvalue weighted by molar-refractivity contribution is 6.36. The molecule has 1 aromatic heterocycles. The maximum atomic E-state index is 11.0. The van der Waals surface area contributed by atoms with Crippen molar-refractivity contribution in [1.82, 2.24) is 4.57 Å². The van der Waals surface area contributed by atoms with Crippen LogP contribution < -0.4 is 0 Å². The number of rotatable bonds is 2. The van der Waals surface area contributed by atoms with Crippen LogP contribution in [0.15, 0.2) is 24.4 Å². The molecule has 2 aromatic rings. The molecule has 0 N–H and O–H groups in total. The third-order valence-corrected chi connectivity index (χ3v) is 3.22. The molecule has 0 atom stereocenters. The number of hydrogen-bond acceptors (Lipinski definition) is 1. The smallest absolute Gasteiger partial charge is 0.152 e. The summed E-state index contributed by atoms with van der Waals surface area (Å²) in [7, 11) is 0. The minimum atomic E-state index is 0.569. The standard InChI is InChI=1S/C12H10ClNO/c13-10-2-1-3-11-12(10)8(7-15)6-14(11)9-4-5-9/h1-3,6-7,9H,4-5H2. The van der Waals surface area contributed by atoms with Crippen LogP contribution in [0.3, 0.4) is 0 Å². The molecule has 1 aromatic carbocycles. The Kier molecular flexibility index (Phi) is 1.86. The van der Waals surface area contributed by atoms with Crippen molar-refractivity contribution < 1.29 is 4.79 Å². The third-order valence-electron chi connectivity index (χ3n) is 2.90. The second kappa shape index (κ2) is 3.11. The van der Waals surface area contributed by atoms with Crippen molar-refractivity contribution in [3.63, 3.8) is 0 Å². The van der Waals surface area contributed by atoms with E-state index in [1.54, 1.807) is 0 Å². The normalized spacial score (nSPS) is 15.8. The Morgan fingerprint density at radius 2 is 2.20 bits per heavy atom. The number of aromatic nitrogens is 1. The molecule has 0 amide bonds. The van der Waals surface area contributed by atoms with Gasteiger partial charge in [-0.15, -0.1) is 0 Å². The molecule has 0 aliphatic heterocycles. The lowest BCUT2D eigenvalue weighted by Crippen LogP contribution is -1.89. The first kappa shape index (κ1) is 8.98. The first-order chi connectivity index (χ1) is 7.31. The zero-order valence-corrected chi connectivity index (χ0v) is 8.87. The van der Waals surface area contributed by atoms with Gasteiger partial charge in [-0.2, -0.15) is 0 Å². The van der Waals surface area contributed by atoms with Gasteiger partial charge in [0.05, 0.1) is 10.5 Å². The number of carbonyl (C=O) groups is 1. The molecule has 1 saturated carbocycles. The summed E-state index contributed by atoms with van der Waals surface area (Å²) < 4.78 is 2.17. The summed E-state index contributed by atoms with van der Waals surface area (Å²) in [5, 5.41) is 1.55. The van der Waals surface area contributed by atoms with Crippen molar-refractivity contribution >= 4 is 28.8 Å². The van der Waals surface area contributed by atoms with E-state index in [0.29, 0.717) is 16.6 Å². The van der Waals surface area contributed by atoms with Gasteiger partial charge < -0.3 is 4.57 Å². The van der Waals surface area contributed by atoms with Crippen molar-refractivity contribution in [2.24, 2.45) is 0 Å². The molecule has 1 aliphatic rings. The average Bonchev–Trinajstić information content (AvgIpc) is 3.00. The van der Waals surface area contributed by atoms with E-state index in [1.165, 1.54) is 12.8 Å². The van der Waals surface area contributed by atoms with Gasteiger partial charge in [-0.05, 0) is 25.0 Å². The van der Waals surface area contributed by atoms with Crippen LogP contribution in [-0.4, -0.2) is 10.9 Å². The molecule has 0 spiro atoms. The van der Waals surface area contributed by atoms with Crippen molar-refractivity contribution in [2.45, 2.75) is 18.9 Å². The Balaban J connectivity index is 2.38. The molecule has 0 unspecified atom stereocenters. The van der Waals surface area contributed by atoms with E-state index in [0.717, 1.165) is 17.2 Å². The number of carbonyl (C=O) groups excluding carboxylic acids is 1. The minimum absolute atomic E-state index is 0.569. The zero-order valence-electron chi connectivity index (χ0n) is 8.11. The summed E-state index contributed by atoms with van der Waals surface area (Å²) in [6.07, 6.45) is 5.21. The maximum absolute atomic E-state index is 11.0. The molecule has 0 bridgehead atoms. The van der Waals surface area contributed by atoms with Crippen LogP contribution >= 0.6 is 11.6 Å². The Bertz CT molecular complexity index is 540. The molecule has 3 rings (SSSR count). The number of fused-ring (bicyclic) bond motifs is 1. The average molecular weight is 220 g/mol. The predicted molar refractivity (Wildman–Crippen MR) is 60.6 cm³/mol. The van der Waals surface area contributed by atoms with E-state index in [9.17, 15) is 4.79 Å². The van der Waals surface area contributed by atoms with Crippen LogP contribution in [0.2, 0.25) is 5.02 Å². The zero-order chi connectivity index (χ0) is 10.4. The molecule has 76 valence electrons. The summed E-state index contributed by atoms with van der Waals surface area (Å²) >= 11 is 6.11. The maximum Gasteiger partial charge on any atom is 0.152 e. The van der Waals surface area contributed by atoms with E-state index in [-0.39, 0.29) is 0 Å². The lowest BCUT2D eigenvalue weighted by Gasteiger charge is -2.01. The van der Waals surface area contributed by atoms with Gasteiger partial charge >= 0.3 is 0 Å². The lowest BCUT2D eigenvalue weighted by molar-refractivity contribution is 0.112. The van der Waals surface area contributed by atoms with Crippen LogP contribution in [0.25, 0.3) is 10.9 Å². The highest BCUT2D eigenvalue weighted by Crippen LogP contribution is 2.40. The van der Waals surface area contributed by atoms with Crippen molar-refractivity contribution in [1.29, 1.82) is 0 Å². The van der Waals surface area contributed by atoms with Crippen LogP contribution in [0.5, 0.6) is 0 Å².